The van der Waals surface area contributed by atoms with Crippen LogP contribution in [-0.2, 0) is 6.42 Å². The number of ether oxygens (including phenoxy) is 1. The SMILES string of the molecule is COc1cc(CCC(Cl)c2ccccc2)cc([N+](=O)[O-])c1. The van der Waals surface area contributed by atoms with Gasteiger partial charge in [0.25, 0.3) is 5.69 Å². The second-order valence-corrected chi connectivity index (χ2v) is 5.24. The largest absolute Gasteiger partial charge is 0.496 e. The highest BCUT2D eigenvalue weighted by Crippen LogP contribution is 2.28. The molecule has 2 aromatic carbocycles. The minimum Gasteiger partial charge on any atom is -0.496 e. The van der Waals surface area contributed by atoms with Crippen LogP contribution in [0.3, 0.4) is 0 Å². The fourth-order valence-electron chi connectivity index (χ4n) is 2.13. The van der Waals surface area contributed by atoms with Gasteiger partial charge in [0.15, 0.2) is 0 Å². The number of nitro groups is 1. The molecular formula is C16H16ClNO3. The fraction of sp³-hybridized carbons (Fsp3) is 0.250. The van der Waals surface area contributed by atoms with Gasteiger partial charge in [-0.15, -0.1) is 11.6 Å². The van der Waals surface area contributed by atoms with Gasteiger partial charge >= 0.3 is 0 Å². The molecule has 2 rings (SSSR count). The zero-order valence-corrected chi connectivity index (χ0v) is 12.4. The number of aryl methyl sites for hydroxylation is 1. The van der Waals surface area contributed by atoms with Crippen molar-refractivity contribution in [2.75, 3.05) is 7.11 Å². The highest BCUT2D eigenvalue weighted by Gasteiger charge is 2.12. The van der Waals surface area contributed by atoms with E-state index in [1.165, 1.54) is 13.2 Å². The first-order valence-electron chi connectivity index (χ1n) is 6.61. The fourth-order valence-corrected chi connectivity index (χ4v) is 2.39. The molecule has 0 saturated heterocycles. The van der Waals surface area contributed by atoms with E-state index in [1.807, 2.05) is 36.4 Å². The van der Waals surface area contributed by atoms with Gasteiger partial charge in [-0.05, 0) is 30.0 Å². The van der Waals surface area contributed by atoms with Gasteiger partial charge in [0.1, 0.15) is 5.75 Å². The molecule has 0 aromatic heterocycles. The molecule has 110 valence electrons. The standard InChI is InChI=1S/C16H16ClNO3/c1-21-15-10-12(9-14(11-15)18(19)20)7-8-16(17)13-5-3-2-4-6-13/h2-6,9-11,16H,7-8H2,1H3. The van der Waals surface area contributed by atoms with Crippen molar-refractivity contribution in [3.63, 3.8) is 0 Å². The molecule has 0 aliphatic carbocycles. The van der Waals surface area contributed by atoms with Crippen LogP contribution >= 0.6 is 11.6 Å². The molecule has 1 atom stereocenters. The van der Waals surface area contributed by atoms with Crippen molar-refractivity contribution >= 4 is 17.3 Å². The molecule has 2 aromatic rings. The maximum Gasteiger partial charge on any atom is 0.273 e. The number of hydrogen-bond acceptors (Lipinski definition) is 3. The summed E-state index contributed by atoms with van der Waals surface area (Å²) in [7, 11) is 1.50. The van der Waals surface area contributed by atoms with Crippen LogP contribution in [0.4, 0.5) is 5.69 Å². The van der Waals surface area contributed by atoms with Crippen molar-refractivity contribution in [1.82, 2.24) is 0 Å². The molecule has 0 saturated carbocycles. The lowest BCUT2D eigenvalue weighted by Gasteiger charge is -2.10. The lowest BCUT2D eigenvalue weighted by Crippen LogP contribution is -1.97. The molecule has 0 spiro atoms. The van der Waals surface area contributed by atoms with E-state index in [2.05, 4.69) is 0 Å². The summed E-state index contributed by atoms with van der Waals surface area (Å²) in [5.74, 6) is 0.491. The molecule has 0 N–H and O–H groups in total. The van der Waals surface area contributed by atoms with Crippen molar-refractivity contribution in [1.29, 1.82) is 0 Å². The zero-order valence-electron chi connectivity index (χ0n) is 11.7. The van der Waals surface area contributed by atoms with E-state index in [1.54, 1.807) is 6.07 Å². The summed E-state index contributed by atoms with van der Waals surface area (Å²) in [5.41, 5.74) is 1.94. The van der Waals surface area contributed by atoms with Gasteiger partial charge in [0.2, 0.25) is 0 Å². The number of non-ortho nitro benzene ring substituents is 1. The van der Waals surface area contributed by atoms with Gasteiger partial charge in [-0.25, -0.2) is 0 Å². The number of methoxy groups -OCH3 is 1. The van der Waals surface area contributed by atoms with Crippen LogP contribution in [0.1, 0.15) is 22.9 Å². The predicted molar refractivity (Wildman–Crippen MR) is 83.0 cm³/mol. The second kappa shape index (κ2) is 7.09. The summed E-state index contributed by atoms with van der Waals surface area (Å²) in [6.45, 7) is 0. The average Bonchev–Trinajstić information content (AvgIpc) is 2.53. The van der Waals surface area contributed by atoms with E-state index in [0.29, 0.717) is 18.6 Å². The lowest BCUT2D eigenvalue weighted by molar-refractivity contribution is -0.385. The molecule has 4 nitrogen and oxygen atoms in total. The monoisotopic (exact) mass is 305 g/mol. The highest BCUT2D eigenvalue weighted by atomic mass is 35.5. The van der Waals surface area contributed by atoms with Crippen molar-refractivity contribution in [3.05, 3.63) is 69.8 Å². The molecule has 0 radical (unpaired) electrons. The first-order valence-corrected chi connectivity index (χ1v) is 7.05. The first kappa shape index (κ1) is 15.3. The molecular weight excluding hydrogens is 290 g/mol. The topological polar surface area (TPSA) is 52.4 Å². The van der Waals surface area contributed by atoms with E-state index in [9.17, 15) is 10.1 Å². The number of alkyl halides is 1. The van der Waals surface area contributed by atoms with Gasteiger partial charge < -0.3 is 4.74 Å². The Kier molecular flexibility index (Phi) is 5.17. The maximum atomic E-state index is 10.9. The summed E-state index contributed by atoms with van der Waals surface area (Å²) in [6.07, 6.45) is 1.36. The quantitative estimate of drug-likeness (QED) is 0.448. The summed E-state index contributed by atoms with van der Waals surface area (Å²) >= 11 is 6.37. The molecule has 0 aliphatic heterocycles. The minimum absolute atomic E-state index is 0.0372. The number of hydrogen-bond donors (Lipinski definition) is 0. The van der Waals surface area contributed by atoms with Crippen LogP contribution in [-0.4, -0.2) is 12.0 Å². The number of nitro benzene ring substituents is 1. The molecule has 0 fully saturated rings. The molecule has 0 heterocycles. The van der Waals surface area contributed by atoms with E-state index in [0.717, 1.165) is 11.1 Å². The molecule has 0 bridgehead atoms. The zero-order chi connectivity index (χ0) is 15.2. The molecule has 0 aliphatic rings. The number of rotatable bonds is 6. The van der Waals surface area contributed by atoms with Crippen molar-refractivity contribution in [2.24, 2.45) is 0 Å². The van der Waals surface area contributed by atoms with Crippen LogP contribution in [0.5, 0.6) is 5.75 Å². The van der Waals surface area contributed by atoms with Gasteiger partial charge in [-0.2, -0.15) is 0 Å². The van der Waals surface area contributed by atoms with Crippen molar-refractivity contribution < 1.29 is 9.66 Å². The van der Waals surface area contributed by atoms with Crippen LogP contribution in [0.25, 0.3) is 0 Å². The summed E-state index contributed by atoms with van der Waals surface area (Å²) in [6, 6.07) is 14.6. The third kappa shape index (κ3) is 4.20. The number of halogens is 1. The summed E-state index contributed by atoms with van der Waals surface area (Å²) in [4.78, 5) is 10.5. The van der Waals surface area contributed by atoms with Crippen molar-refractivity contribution in [2.45, 2.75) is 18.2 Å². The third-order valence-electron chi connectivity index (χ3n) is 3.25. The highest BCUT2D eigenvalue weighted by molar-refractivity contribution is 6.20. The Morgan fingerprint density at radius 1 is 1.24 bits per heavy atom. The Morgan fingerprint density at radius 2 is 1.95 bits per heavy atom. The molecule has 1 unspecified atom stereocenters. The van der Waals surface area contributed by atoms with E-state index in [-0.39, 0.29) is 11.1 Å². The Bertz CT molecular complexity index is 616. The van der Waals surface area contributed by atoms with Crippen LogP contribution in [0, 0.1) is 10.1 Å². The minimum atomic E-state index is -0.415. The summed E-state index contributed by atoms with van der Waals surface area (Å²) < 4.78 is 5.10. The predicted octanol–water partition coefficient (Wildman–Crippen LogP) is 4.52. The van der Waals surface area contributed by atoms with E-state index >= 15 is 0 Å². The van der Waals surface area contributed by atoms with Gasteiger partial charge in [0.05, 0.1) is 23.5 Å². The van der Waals surface area contributed by atoms with Crippen LogP contribution < -0.4 is 4.74 Å². The molecule has 5 heteroatoms. The van der Waals surface area contributed by atoms with Crippen LogP contribution in [0.15, 0.2) is 48.5 Å². The smallest absolute Gasteiger partial charge is 0.273 e. The Labute approximate surface area is 128 Å². The second-order valence-electron chi connectivity index (χ2n) is 4.71. The third-order valence-corrected chi connectivity index (χ3v) is 3.72. The Balaban J connectivity index is 2.09. The van der Waals surface area contributed by atoms with E-state index in [4.69, 9.17) is 16.3 Å². The lowest BCUT2D eigenvalue weighted by atomic mass is 10.0. The van der Waals surface area contributed by atoms with Gasteiger partial charge in [0, 0.05) is 6.07 Å². The first-order chi connectivity index (χ1) is 10.1. The molecule has 0 amide bonds. The van der Waals surface area contributed by atoms with Crippen LogP contribution in [0.2, 0.25) is 0 Å². The van der Waals surface area contributed by atoms with Crippen molar-refractivity contribution in [3.8, 4) is 5.75 Å². The Morgan fingerprint density at radius 3 is 2.57 bits per heavy atom. The molecule has 21 heavy (non-hydrogen) atoms. The van der Waals surface area contributed by atoms with E-state index < -0.39 is 4.92 Å². The Hall–Kier alpha value is -2.07. The average molecular weight is 306 g/mol. The number of benzene rings is 2. The summed E-state index contributed by atoms with van der Waals surface area (Å²) in [5, 5.41) is 10.8. The number of nitrogens with zero attached hydrogens (tertiary/aromatic N) is 1. The normalized spacial score (nSPS) is 11.9. The maximum absolute atomic E-state index is 10.9. The van der Waals surface area contributed by atoms with Gasteiger partial charge in [-0.1, -0.05) is 30.3 Å². The van der Waals surface area contributed by atoms with Gasteiger partial charge in [-0.3, -0.25) is 10.1 Å².